The quantitative estimate of drug-likeness (QED) is 0.564. The Bertz CT molecular complexity index is 730. The van der Waals surface area contributed by atoms with Crippen molar-refractivity contribution in [3.63, 3.8) is 0 Å². The Morgan fingerprint density at radius 2 is 1.83 bits per heavy atom. The average Bonchev–Trinajstić information content (AvgIpc) is 3.19. The van der Waals surface area contributed by atoms with Gasteiger partial charge < -0.3 is 24.8 Å². The van der Waals surface area contributed by atoms with Gasteiger partial charge in [0, 0.05) is 0 Å². The van der Waals surface area contributed by atoms with Crippen molar-refractivity contribution in [2.75, 3.05) is 0 Å². The van der Waals surface area contributed by atoms with Gasteiger partial charge in [0.05, 0.1) is 0 Å². The van der Waals surface area contributed by atoms with Crippen LogP contribution in [0.15, 0.2) is 60.2 Å². The second-order valence-corrected chi connectivity index (χ2v) is 5.43. The maximum Gasteiger partial charge on any atom is 4.00 e. The third-order valence-electron chi connectivity index (χ3n) is 3.87. The minimum absolute atomic E-state index is 0. The summed E-state index contributed by atoms with van der Waals surface area (Å²) in [7, 11) is 0. The SMILES string of the molecule is CCCC1=[C-]CC=C1.[C-]1=CCc2ccc3ccccc3c21.[Cl-].[Cl-].[Zr+4]. The second kappa shape index (κ2) is 11.9. The number of rotatable bonds is 2. The van der Waals surface area contributed by atoms with Crippen LogP contribution in [0.5, 0.6) is 0 Å². The molecule has 2 aliphatic carbocycles. The van der Waals surface area contributed by atoms with Crippen LogP contribution in [-0.2, 0) is 32.6 Å². The standard InChI is InChI=1S/C13H9.C8H11.2ClH.Zr/c1-2-6-12-10(4-1)8-9-11-5-3-7-13(11)12;1-2-5-8-6-3-4-7-8;;;/h1-4,6,8-9H,5H2;3,6H,2,4-5H2,1H3;2*1H;/q2*-1;;;+4/p-2. The fraction of sp³-hybridized carbons (Fsp3) is 0.238. The van der Waals surface area contributed by atoms with Crippen molar-refractivity contribution in [3.05, 3.63) is 83.5 Å². The molecule has 24 heavy (non-hydrogen) atoms. The van der Waals surface area contributed by atoms with E-state index in [1.807, 2.05) is 0 Å². The third kappa shape index (κ3) is 5.73. The summed E-state index contributed by atoms with van der Waals surface area (Å²) >= 11 is 0. The molecule has 0 heterocycles. The molecule has 0 unspecified atom stereocenters. The molecule has 0 fully saturated rings. The Hall–Kier alpha value is -0.617. The van der Waals surface area contributed by atoms with E-state index in [1.165, 1.54) is 40.3 Å². The summed E-state index contributed by atoms with van der Waals surface area (Å²) in [5, 5.41) is 2.64. The van der Waals surface area contributed by atoms with Gasteiger partial charge >= 0.3 is 26.2 Å². The van der Waals surface area contributed by atoms with Gasteiger partial charge in [-0.25, -0.2) is 11.6 Å². The van der Waals surface area contributed by atoms with E-state index in [0.717, 1.165) is 12.8 Å². The zero-order valence-corrected chi connectivity index (χ0v) is 17.8. The molecule has 0 atom stereocenters. The van der Waals surface area contributed by atoms with Crippen LogP contribution in [0, 0.1) is 12.2 Å². The molecule has 4 rings (SSSR count). The Morgan fingerprint density at radius 3 is 2.54 bits per heavy atom. The van der Waals surface area contributed by atoms with Gasteiger partial charge in [-0.15, -0.1) is 29.5 Å². The zero-order chi connectivity index (χ0) is 14.5. The van der Waals surface area contributed by atoms with Crippen molar-refractivity contribution in [1.82, 2.24) is 0 Å². The first-order chi connectivity index (χ1) is 10.4. The summed E-state index contributed by atoms with van der Waals surface area (Å²) in [6.45, 7) is 2.20. The molecular weight excluding hydrogens is 414 g/mol. The Morgan fingerprint density at radius 1 is 1.04 bits per heavy atom. The molecule has 2 aromatic carbocycles. The molecule has 0 amide bonds. The molecule has 122 valence electrons. The van der Waals surface area contributed by atoms with E-state index in [9.17, 15) is 0 Å². The predicted octanol–water partition coefficient (Wildman–Crippen LogP) is -0.415. The normalized spacial score (nSPS) is 13.0. The van der Waals surface area contributed by atoms with Crippen LogP contribution >= 0.6 is 0 Å². The van der Waals surface area contributed by atoms with Crippen molar-refractivity contribution in [2.45, 2.75) is 32.6 Å². The molecular formula is C21H20Cl2Zr. The molecule has 0 aliphatic heterocycles. The van der Waals surface area contributed by atoms with Crippen molar-refractivity contribution >= 4 is 10.8 Å². The van der Waals surface area contributed by atoms with Gasteiger partial charge in [0.25, 0.3) is 0 Å². The van der Waals surface area contributed by atoms with Gasteiger partial charge in [-0.3, -0.25) is 6.08 Å². The molecule has 0 N–H and O–H groups in total. The van der Waals surface area contributed by atoms with E-state index in [0.29, 0.717) is 0 Å². The van der Waals surface area contributed by atoms with Crippen LogP contribution in [0.4, 0.5) is 0 Å². The van der Waals surface area contributed by atoms with Crippen molar-refractivity contribution in [2.24, 2.45) is 0 Å². The maximum atomic E-state index is 3.32. The molecule has 0 radical (unpaired) electrons. The Labute approximate surface area is 177 Å². The van der Waals surface area contributed by atoms with Gasteiger partial charge in [-0.2, -0.15) is 23.8 Å². The number of allylic oxidation sites excluding steroid dienone is 5. The minimum atomic E-state index is 0. The van der Waals surface area contributed by atoms with E-state index >= 15 is 0 Å². The fourth-order valence-electron chi connectivity index (χ4n) is 2.81. The minimum Gasteiger partial charge on any atom is -1.00 e. The van der Waals surface area contributed by atoms with Gasteiger partial charge in [-0.05, 0) is 0 Å². The maximum absolute atomic E-state index is 3.32. The monoisotopic (exact) mass is 432 g/mol. The third-order valence-corrected chi connectivity index (χ3v) is 3.87. The van der Waals surface area contributed by atoms with Crippen molar-refractivity contribution in [1.29, 1.82) is 0 Å². The smallest absolute Gasteiger partial charge is 1.00 e. The summed E-state index contributed by atoms with van der Waals surface area (Å²) < 4.78 is 0. The first-order valence-corrected chi connectivity index (χ1v) is 7.73. The molecule has 0 nitrogen and oxygen atoms in total. The molecule has 3 heteroatoms. The fourth-order valence-corrected chi connectivity index (χ4v) is 2.81. The second-order valence-electron chi connectivity index (χ2n) is 5.43. The van der Waals surface area contributed by atoms with E-state index in [1.54, 1.807) is 0 Å². The van der Waals surface area contributed by atoms with Crippen LogP contribution in [0.25, 0.3) is 10.8 Å². The molecule has 0 saturated carbocycles. The first kappa shape index (κ1) is 23.4. The van der Waals surface area contributed by atoms with E-state index in [-0.39, 0.29) is 51.0 Å². The number of halogens is 2. The van der Waals surface area contributed by atoms with E-state index in [4.69, 9.17) is 0 Å². The van der Waals surface area contributed by atoms with Crippen LogP contribution in [0.3, 0.4) is 0 Å². The topological polar surface area (TPSA) is 0 Å². The van der Waals surface area contributed by atoms with Crippen molar-refractivity contribution < 1.29 is 51.0 Å². The summed E-state index contributed by atoms with van der Waals surface area (Å²) in [6, 6.07) is 12.9. The summed E-state index contributed by atoms with van der Waals surface area (Å²) in [4.78, 5) is 0. The molecule has 0 spiro atoms. The Kier molecular flexibility index (Phi) is 11.5. The summed E-state index contributed by atoms with van der Waals surface area (Å²) in [6.07, 6.45) is 17.5. The van der Waals surface area contributed by atoms with Crippen LogP contribution < -0.4 is 24.8 Å². The van der Waals surface area contributed by atoms with Gasteiger partial charge in [0.1, 0.15) is 0 Å². The average molecular weight is 435 g/mol. The Balaban J connectivity index is 0.000000429. The molecule has 0 bridgehead atoms. The van der Waals surface area contributed by atoms with Crippen LogP contribution in [0.1, 0.15) is 37.3 Å². The molecule has 0 aromatic heterocycles. The number of benzene rings is 2. The van der Waals surface area contributed by atoms with Gasteiger partial charge in [0.2, 0.25) is 0 Å². The van der Waals surface area contributed by atoms with Crippen LogP contribution in [-0.4, -0.2) is 0 Å². The largest absolute Gasteiger partial charge is 4.00 e. The number of fused-ring (bicyclic) bond motifs is 3. The number of hydrogen-bond donors (Lipinski definition) is 0. The van der Waals surface area contributed by atoms with Gasteiger partial charge in [0.15, 0.2) is 0 Å². The summed E-state index contributed by atoms with van der Waals surface area (Å²) in [5.41, 5.74) is 4.09. The molecule has 2 aliphatic rings. The van der Waals surface area contributed by atoms with E-state index < -0.39 is 0 Å². The summed E-state index contributed by atoms with van der Waals surface area (Å²) in [5.74, 6) is 0. The predicted molar refractivity (Wildman–Crippen MR) is 90.0 cm³/mol. The van der Waals surface area contributed by atoms with Crippen molar-refractivity contribution in [3.8, 4) is 0 Å². The first-order valence-electron chi connectivity index (χ1n) is 7.73. The molecule has 2 aromatic rings. The van der Waals surface area contributed by atoms with E-state index in [2.05, 4.69) is 73.7 Å². The van der Waals surface area contributed by atoms with Gasteiger partial charge in [-0.1, -0.05) is 55.8 Å². The number of hydrogen-bond acceptors (Lipinski definition) is 0. The molecule has 0 saturated heterocycles. The van der Waals surface area contributed by atoms with Crippen LogP contribution in [0.2, 0.25) is 0 Å². The zero-order valence-electron chi connectivity index (χ0n) is 13.8.